The molecule has 35 heavy (non-hydrogen) atoms. The molecule has 2 amide bonds. The first-order chi connectivity index (χ1) is 16.8. The minimum Gasteiger partial charge on any atom is -0.454 e. The van der Waals surface area contributed by atoms with Crippen molar-refractivity contribution in [3.05, 3.63) is 65.9 Å². The summed E-state index contributed by atoms with van der Waals surface area (Å²) in [6.07, 6.45) is -3.52. The van der Waals surface area contributed by atoms with Crippen molar-refractivity contribution in [1.82, 2.24) is 4.90 Å². The number of halogens is 3. The van der Waals surface area contributed by atoms with Crippen LogP contribution in [0.2, 0.25) is 0 Å². The van der Waals surface area contributed by atoms with Crippen molar-refractivity contribution in [2.24, 2.45) is 5.92 Å². The molecule has 0 spiro atoms. The van der Waals surface area contributed by atoms with Gasteiger partial charge in [-0.2, -0.15) is 13.2 Å². The van der Waals surface area contributed by atoms with Crippen LogP contribution in [-0.2, 0) is 11.0 Å². The van der Waals surface area contributed by atoms with Crippen molar-refractivity contribution in [2.75, 3.05) is 25.2 Å². The minimum absolute atomic E-state index is 0.0423. The fourth-order valence-electron chi connectivity index (χ4n) is 4.18. The van der Waals surface area contributed by atoms with Gasteiger partial charge in [0.25, 0.3) is 5.91 Å². The van der Waals surface area contributed by atoms with Crippen molar-refractivity contribution < 1.29 is 36.7 Å². The van der Waals surface area contributed by atoms with Gasteiger partial charge in [-0.15, -0.1) is 0 Å². The summed E-state index contributed by atoms with van der Waals surface area (Å²) in [5.41, 5.74) is 0.0496. The lowest BCUT2D eigenvalue weighted by Crippen LogP contribution is -2.41. The highest BCUT2D eigenvalue weighted by Gasteiger charge is 2.32. The molecule has 2 aliphatic heterocycles. The van der Waals surface area contributed by atoms with Crippen molar-refractivity contribution >= 4 is 17.5 Å². The minimum atomic E-state index is -4.47. The Kier molecular flexibility index (Phi) is 5.88. The van der Waals surface area contributed by atoms with E-state index in [1.54, 1.807) is 23.1 Å². The largest absolute Gasteiger partial charge is 0.454 e. The van der Waals surface area contributed by atoms with E-state index in [-0.39, 0.29) is 41.6 Å². The summed E-state index contributed by atoms with van der Waals surface area (Å²) in [6.45, 7) is 0.867. The highest BCUT2D eigenvalue weighted by molar-refractivity contribution is 5.94. The maximum Gasteiger partial charge on any atom is 0.416 e. The van der Waals surface area contributed by atoms with Gasteiger partial charge in [-0.25, -0.2) is 0 Å². The third-order valence-electron chi connectivity index (χ3n) is 6.08. The molecule has 1 aromatic heterocycles. The lowest BCUT2D eigenvalue weighted by molar-refractivity contribution is -0.137. The Morgan fingerprint density at radius 2 is 1.71 bits per heavy atom. The normalized spacial score (nSPS) is 15.8. The quantitative estimate of drug-likeness (QED) is 0.549. The summed E-state index contributed by atoms with van der Waals surface area (Å²) < 4.78 is 55.1. The van der Waals surface area contributed by atoms with E-state index in [0.717, 1.165) is 12.1 Å². The summed E-state index contributed by atoms with van der Waals surface area (Å²) in [7, 11) is 0. The summed E-state index contributed by atoms with van der Waals surface area (Å²) in [5.74, 6) is 0.661. The van der Waals surface area contributed by atoms with Crippen LogP contribution < -0.4 is 14.8 Å². The predicted octanol–water partition coefficient (Wildman–Crippen LogP) is 5.19. The summed E-state index contributed by atoms with van der Waals surface area (Å²) in [4.78, 5) is 27.1. The summed E-state index contributed by atoms with van der Waals surface area (Å²) in [6, 6.07) is 12.9. The van der Waals surface area contributed by atoms with E-state index in [2.05, 4.69) is 5.32 Å². The fourth-order valence-corrected chi connectivity index (χ4v) is 4.18. The van der Waals surface area contributed by atoms with Gasteiger partial charge in [0.2, 0.25) is 12.7 Å². The topological polar surface area (TPSA) is 81.0 Å². The van der Waals surface area contributed by atoms with Crippen LogP contribution in [-0.4, -0.2) is 36.6 Å². The van der Waals surface area contributed by atoms with Crippen LogP contribution in [0, 0.1) is 5.92 Å². The number of furan rings is 1. The number of nitrogens with zero attached hydrogens (tertiary/aromatic N) is 1. The summed E-state index contributed by atoms with van der Waals surface area (Å²) >= 11 is 0. The lowest BCUT2D eigenvalue weighted by atomic mass is 9.95. The van der Waals surface area contributed by atoms with Crippen molar-refractivity contribution in [2.45, 2.75) is 19.0 Å². The highest BCUT2D eigenvalue weighted by Crippen LogP contribution is 2.35. The maximum atomic E-state index is 13.0. The third kappa shape index (κ3) is 4.82. The van der Waals surface area contributed by atoms with Gasteiger partial charge >= 0.3 is 6.18 Å². The standard InChI is InChI=1S/C25H21F3N2O5/c26-25(27,28)17-3-1-2-16(12-17)19-6-7-21(35-19)24(32)30-10-8-15(9-11-30)23(31)29-18-4-5-20-22(13-18)34-14-33-20/h1-7,12-13,15H,8-11,14H2,(H,29,31). The zero-order valence-corrected chi connectivity index (χ0v) is 18.4. The van der Waals surface area contributed by atoms with E-state index in [4.69, 9.17) is 13.9 Å². The molecule has 0 aliphatic carbocycles. The van der Waals surface area contributed by atoms with E-state index in [9.17, 15) is 22.8 Å². The van der Waals surface area contributed by atoms with Crippen LogP contribution in [0.15, 0.2) is 59.0 Å². The zero-order chi connectivity index (χ0) is 24.6. The number of likely N-dealkylation sites (tertiary alicyclic amines) is 1. The molecule has 0 unspecified atom stereocenters. The Morgan fingerprint density at radius 3 is 2.49 bits per heavy atom. The molecule has 1 fully saturated rings. The van der Waals surface area contributed by atoms with Gasteiger partial charge in [0, 0.05) is 36.3 Å². The lowest BCUT2D eigenvalue weighted by Gasteiger charge is -2.30. The molecule has 2 aliphatic rings. The Hall–Kier alpha value is -3.95. The maximum absolute atomic E-state index is 13.0. The number of carbonyl (C=O) groups excluding carboxylic acids is 2. The van der Waals surface area contributed by atoms with E-state index >= 15 is 0 Å². The van der Waals surface area contributed by atoms with Crippen LogP contribution in [0.4, 0.5) is 18.9 Å². The SMILES string of the molecule is O=C(Nc1ccc2c(c1)OCO2)C1CCN(C(=O)c2ccc(-c3cccc(C(F)(F)F)c3)o2)CC1. The first kappa shape index (κ1) is 22.8. The number of hydrogen-bond donors (Lipinski definition) is 1. The van der Waals surface area contributed by atoms with Crippen LogP contribution in [0.3, 0.4) is 0 Å². The number of piperidine rings is 1. The number of nitrogens with one attached hydrogen (secondary N) is 1. The number of fused-ring (bicyclic) bond motifs is 1. The van der Waals surface area contributed by atoms with Gasteiger partial charge in [0.05, 0.1) is 5.56 Å². The summed E-state index contributed by atoms with van der Waals surface area (Å²) in [5, 5.41) is 2.88. The monoisotopic (exact) mass is 486 g/mol. The number of carbonyl (C=O) groups is 2. The number of hydrogen-bond acceptors (Lipinski definition) is 5. The molecule has 7 nitrogen and oxygen atoms in total. The van der Waals surface area contributed by atoms with Gasteiger partial charge < -0.3 is 24.1 Å². The number of anilines is 1. The Balaban J connectivity index is 1.18. The molecule has 1 N–H and O–H groups in total. The Labute approximate surface area is 198 Å². The van der Waals surface area contributed by atoms with Crippen LogP contribution in [0.25, 0.3) is 11.3 Å². The van der Waals surface area contributed by atoms with E-state index in [1.807, 2.05) is 0 Å². The first-order valence-corrected chi connectivity index (χ1v) is 11.1. The van der Waals surface area contributed by atoms with E-state index < -0.39 is 11.7 Å². The molecule has 0 radical (unpaired) electrons. The van der Waals surface area contributed by atoms with Crippen LogP contribution in [0.5, 0.6) is 11.5 Å². The highest BCUT2D eigenvalue weighted by atomic mass is 19.4. The van der Waals surface area contributed by atoms with Crippen molar-refractivity contribution in [3.63, 3.8) is 0 Å². The second-order valence-corrected chi connectivity index (χ2v) is 8.37. The van der Waals surface area contributed by atoms with Crippen LogP contribution in [0.1, 0.15) is 29.0 Å². The average Bonchev–Trinajstić information content (AvgIpc) is 3.53. The van der Waals surface area contributed by atoms with E-state index in [1.165, 1.54) is 24.3 Å². The van der Waals surface area contributed by atoms with Gasteiger partial charge in [0.1, 0.15) is 5.76 Å². The van der Waals surface area contributed by atoms with Gasteiger partial charge in [-0.05, 0) is 49.2 Å². The molecule has 10 heteroatoms. The van der Waals surface area contributed by atoms with Gasteiger partial charge in [0.15, 0.2) is 17.3 Å². The molecule has 182 valence electrons. The second-order valence-electron chi connectivity index (χ2n) is 8.37. The van der Waals surface area contributed by atoms with Crippen molar-refractivity contribution in [3.8, 4) is 22.8 Å². The number of amides is 2. The Bertz CT molecular complexity index is 1260. The molecule has 0 saturated carbocycles. The number of benzene rings is 2. The molecule has 3 aromatic rings. The molecular weight excluding hydrogens is 465 g/mol. The number of alkyl halides is 3. The Morgan fingerprint density at radius 1 is 0.943 bits per heavy atom. The third-order valence-corrected chi connectivity index (χ3v) is 6.08. The van der Waals surface area contributed by atoms with Gasteiger partial charge in [-0.3, -0.25) is 9.59 Å². The van der Waals surface area contributed by atoms with Crippen LogP contribution >= 0.6 is 0 Å². The molecular formula is C25H21F3N2O5. The van der Waals surface area contributed by atoms with Crippen molar-refractivity contribution in [1.29, 1.82) is 0 Å². The van der Waals surface area contributed by atoms with Gasteiger partial charge in [-0.1, -0.05) is 12.1 Å². The average molecular weight is 486 g/mol. The number of ether oxygens (including phenoxy) is 2. The zero-order valence-electron chi connectivity index (χ0n) is 18.4. The molecule has 3 heterocycles. The number of rotatable bonds is 4. The fraction of sp³-hybridized carbons (Fsp3) is 0.280. The predicted molar refractivity (Wildman–Crippen MR) is 119 cm³/mol. The molecule has 2 aromatic carbocycles. The molecule has 1 saturated heterocycles. The van der Waals surface area contributed by atoms with E-state index in [0.29, 0.717) is 43.1 Å². The molecule has 5 rings (SSSR count). The molecule has 0 atom stereocenters. The first-order valence-electron chi connectivity index (χ1n) is 11.1. The smallest absolute Gasteiger partial charge is 0.416 e. The second kappa shape index (κ2) is 9.01. The molecule has 0 bridgehead atoms.